The molecule has 0 bridgehead atoms. The maximum atomic E-state index is 6.06. The van der Waals surface area contributed by atoms with E-state index in [1.165, 1.54) is 11.5 Å². The van der Waals surface area contributed by atoms with Crippen molar-refractivity contribution >= 4 is 16.7 Å². The van der Waals surface area contributed by atoms with Crippen LogP contribution in [-0.4, -0.2) is 28.5 Å². The van der Waals surface area contributed by atoms with E-state index in [-0.39, 0.29) is 11.5 Å². The van der Waals surface area contributed by atoms with Crippen molar-refractivity contribution in [1.82, 2.24) is 9.36 Å². The van der Waals surface area contributed by atoms with E-state index in [9.17, 15) is 0 Å². The maximum Gasteiger partial charge on any atom is 0.205 e. The number of anilines is 1. The highest BCUT2D eigenvalue weighted by Gasteiger charge is 2.26. The van der Waals surface area contributed by atoms with Crippen molar-refractivity contribution in [1.29, 1.82) is 0 Å². The molecule has 0 amide bonds. The molecule has 2 atom stereocenters. The topological polar surface area (TPSA) is 55.0 Å². The normalized spacial score (nSPS) is 26.3. The second-order valence-electron chi connectivity index (χ2n) is 6.16. The SMILES string of the molecule is CC1CC(N)CN(c2nc(C(C)(C)C)ns2)C1. The standard InChI is InChI=1S/C12H22N4S/c1-8-5-9(13)7-16(6-8)11-14-10(15-17-11)12(2,3)4/h8-9H,5-7,13H2,1-4H3. The number of nitrogens with zero attached hydrogens (tertiary/aromatic N) is 3. The fraction of sp³-hybridized carbons (Fsp3) is 0.833. The summed E-state index contributed by atoms with van der Waals surface area (Å²) in [6.07, 6.45) is 1.11. The summed E-state index contributed by atoms with van der Waals surface area (Å²) < 4.78 is 4.46. The molecule has 1 aliphatic rings. The smallest absolute Gasteiger partial charge is 0.205 e. The molecule has 0 saturated carbocycles. The van der Waals surface area contributed by atoms with Gasteiger partial charge in [0.2, 0.25) is 5.13 Å². The summed E-state index contributed by atoms with van der Waals surface area (Å²) >= 11 is 1.50. The molecule has 1 aromatic rings. The number of aromatic nitrogens is 2. The van der Waals surface area contributed by atoms with Crippen molar-refractivity contribution in [2.45, 2.75) is 45.6 Å². The average Bonchev–Trinajstić information content (AvgIpc) is 2.63. The van der Waals surface area contributed by atoms with Gasteiger partial charge in [-0.05, 0) is 12.3 Å². The molecule has 0 spiro atoms. The highest BCUT2D eigenvalue weighted by atomic mass is 32.1. The zero-order valence-electron chi connectivity index (χ0n) is 11.1. The van der Waals surface area contributed by atoms with Crippen molar-refractivity contribution in [2.75, 3.05) is 18.0 Å². The van der Waals surface area contributed by atoms with E-state index >= 15 is 0 Å². The third-order valence-corrected chi connectivity index (χ3v) is 3.83. The monoisotopic (exact) mass is 254 g/mol. The Morgan fingerprint density at radius 2 is 2.06 bits per heavy atom. The van der Waals surface area contributed by atoms with Gasteiger partial charge in [-0.15, -0.1) is 0 Å². The molecule has 0 aliphatic carbocycles. The molecular formula is C12H22N4S. The third kappa shape index (κ3) is 2.96. The van der Waals surface area contributed by atoms with Gasteiger partial charge < -0.3 is 10.6 Å². The van der Waals surface area contributed by atoms with Crippen molar-refractivity contribution in [3.63, 3.8) is 0 Å². The van der Waals surface area contributed by atoms with E-state index in [4.69, 9.17) is 5.73 Å². The molecule has 1 saturated heterocycles. The molecular weight excluding hydrogens is 232 g/mol. The van der Waals surface area contributed by atoms with Gasteiger partial charge in [0.1, 0.15) is 5.82 Å². The van der Waals surface area contributed by atoms with E-state index in [2.05, 4.69) is 42.0 Å². The van der Waals surface area contributed by atoms with Gasteiger partial charge in [-0.1, -0.05) is 27.7 Å². The van der Waals surface area contributed by atoms with Crippen LogP contribution in [0.4, 0.5) is 5.13 Å². The number of hydrogen-bond acceptors (Lipinski definition) is 5. The lowest BCUT2D eigenvalue weighted by Gasteiger charge is -2.34. The van der Waals surface area contributed by atoms with Gasteiger partial charge in [0, 0.05) is 36.1 Å². The molecule has 5 heteroatoms. The van der Waals surface area contributed by atoms with Gasteiger partial charge in [0.05, 0.1) is 0 Å². The molecule has 0 radical (unpaired) electrons. The Morgan fingerprint density at radius 3 is 2.59 bits per heavy atom. The average molecular weight is 254 g/mol. The molecule has 2 unspecified atom stereocenters. The Hall–Kier alpha value is -0.680. The first-order valence-electron chi connectivity index (χ1n) is 6.21. The van der Waals surface area contributed by atoms with Crippen LogP contribution in [0.5, 0.6) is 0 Å². The van der Waals surface area contributed by atoms with Crippen molar-refractivity contribution in [2.24, 2.45) is 11.7 Å². The molecule has 2 rings (SSSR count). The Bertz CT molecular complexity index is 372. The maximum absolute atomic E-state index is 6.06. The minimum atomic E-state index is 0.0261. The minimum Gasteiger partial charge on any atom is -0.345 e. The van der Waals surface area contributed by atoms with E-state index in [0.29, 0.717) is 5.92 Å². The highest BCUT2D eigenvalue weighted by molar-refractivity contribution is 7.09. The van der Waals surface area contributed by atoms with Crippen LogP contribution in [-0.2, 0) is 5.41 Å². The van der Waals surface area contributed by atoms with Crippen molar-refractivity contribution < 1.29 is 0 Å². The second-order valence-corrected chi connectivity index (χ2v) is 6.89. The molecule has 1 fully saturated rings. The largest absolute Gasteiger partial charge is 0.345 e. The lowest BCUT2D eigenvalue weighted by atomic mass is 9.96. The van der Waals surface area contributed by atoms with E-state index in [0.717, 1.165) is 30.5 Å². The predicted octanol–water partition coefficient (Wildman–Crippen LogP) is 2.01. The fourth-order valence-electron chi connectivity index (χ4n) is 2.20. The summed E-state index contributed by atoms with van der Waals surface area (Å²) in [5.41, 5.74) is 6.09. The van der Waals surface area contributed by atoms with Crippen LogP contribution in [0.25, 0.3) is 0 Å². The van der Waals surface area contributed by atoms with E-state index in [1.807, 2.05) is 0 Å². The predicted molar refractivity (Wildman–Crippen MR) is 72.6 cm³/mol. The van der Waals surface area contributed by atoms with Crippen molar-refractivity contribution in [3.05, 3.63) is 5.82 Å². The van der Waals surface area contributed by atoms with Crippen LogP contribution in [0, 0.1) is 5.92 Å². The molecule has 4 nitrogen and oxygen atoms in total. The molecule has 1 aromatic heterocycles. The fourth-order valence-corrected chi connectivity index (χ4v) is 3.08. The first-order valence-corrected chi connectivity index (χ1v) is 6.98. The molecule has 96 valence electrons. The van der Waals surface area contributed by atoms with Crippen molar-refractivity contribution in [3.8, 4) is 0 Å². The lowest BCUT2D eigenvalue weighted by Crippen LogP contribution is -2.46. The number of rotatable bonds is 1. The third-order valence-electron chi connectivity index (χ3n) is 3.05. The molecule has 1 aliphatic heterocycles. The van der Waals surface area contributed by atoms with Crippen LogP contribution in [0.3, 0.4) is 0 Å². The van der Waals surface area contributed by atoms with Crippen LogP contribution in [0.15, 0.2) is 0 Å². The quantitative estimate of drug-likeness (QED) is 0.833. The summed E-state index contributed by atoms with van der Waals surface area (Å²) in [5, 5.41) is 1.02. The molecule has 2 heterocycles. The summed E-state index contributed by atoms with van der Waals surface area (Å²) in [5.74, 6) is 1.57. The lowest BCUT2D eigenvalue weighted by molar-refractivity contribution is 0.401. The molecule has 0 aromatic carbocycles. The zero-order valence-corrected chi connectivity index (χ0v) is 11.9. The number of hydrogen-bond donors (Lipinski definition) is 1. The number of nitrogens with two attached hydrogens (primary N) is 1. The second kappa shape index (κ2) is 4.53. The summed E-state index contributed by atoms with van der Waals surface area (Å²) in [6, 6.07) is 0.265. The molecule has 2 N–H and O–H groups in total. The Balaban J connectivity index is 2.14. The highest BCUT2D eigenvalue weighted by Crippen LogP contribution is 2.28. The van der Waals surface area contributed by atoms with Crippen LogP contribution < -0.4 is 10.6 Å². The van der Waals surface area contributed by atoms with Crippen LogP contribution in [0.1, 0.15) is 39.9 Å². The molecule has 17 heavy (non-hydrogen) atoms. The summed E-state index contributed by atoms with van der Waals surface area (Å²) in [6.45, 7) is 10.6. The Morgan fingerprint density at radius 1 is 1.35 bits per heavy atom. The minimum absolute atomic E-state index is 0.0261. The van der Waals surface area contributed by atoms with Gasteiger partial charge >= 0.3 is 0 Å². The first-order chi connectivity index (χ1) is 7.86. The Kier molecular flexibility index (Phi) is 3.41. The van der Waals surface area contributed by atoms with Gasteiger partial charge in [-0.2, -0.15) is 4.37 Å². The van der Waals surface area contributed by atoms with E-state index in [1.54, 1.807) is 0 Å². The van der Waals surface area contributed by atoms with Gasteiger partial charge in [-0.25, -0.2) is 4.98 Å². The van der Waals surface area contributed by atoms with Gasteiger partial charge in [0.15, 0.2) is 0 Å². The summed E-state index contributed by atoms with van der Waals surface area (Å²) in [7, 11) is 0. The number of piperidine rings is 1. The Labute approximate surface area is 107 Å². The van der Waals surface area contributed by atoms with Gasteiger partial charge in [0.25, 0.3) is 0 Å². The van der Waals surface area contributed by atoms with Crippen LogP contribution in [0.2, 0.25) is 0 Å². The van der Waals surface area contributed by atoms with Gasteiger partial charge in [-0.3, -0.25) is 0 Å². The first kappa shape index (κ1) is 12.8. The van der Waals surface area contributed by atoms with Crippen LogP contribution >= 0.6 is 11.5 Å². The summed E-state index contributed by atoms with van der Waals surface area (Å²) in [4.78, 5) is 6.94. The zero-order chi connectivity index (χ0) is 12.6. The van der Waals surface area contributed by atoms with E-state index < -0.39 is 0 Å².